The van der Waals surface area contributed by atoms with E-state index in [1.54, 1.807) is 12.3 Å². The van der Waals surface area contributed by atoms with Crippen LogP contribution in [0.15, 0.2) is 12.3 Å². The molecule has 0 aliphatic carbocycles. The fourth-order valence-electron chi connectivity index (χ4n) is 1.83. The first kappa shape index (κ1) is 10.6. The molecular formula is C11H12N4O. The largest absolute Gasteiger partial charge is 0.326 e. The molecule has 0 spiro atoms. The summed E-state index contributed by atoms with van der Waals surface area (Å²) in [4.78, 5) is 17.3. The van der Waals surface area contributed by atoms with E-state index in [2.05, 4.69) is 11.1 Å². The van der Waals surface area contributed by atoms with Crippen molar-refractivity contribution in [2.45, 2.75) is 19.4 Å². The van der Waals surface area contributed by atoms with Crippen molar-refractivity contribution in [1.29, 1.82) is 5.26 Å². The fraction of sp³-hybridized carbons (Fsp3) is 0.364. The number of aromatic nitrogens is 1. The number of nitrogens with two attached hydrogens (primary N) is 1. The molecule has 1 atom stereocenters. The summed E-state index contributed by atoms with van der Waals surface area (Å²) in [7, 11) is 0. The highest BCUT2D eigenvalue weighted by Crippen LogP contribution is 2.24. The van der Waals surface area contributed by atoms with Crippen LogP contribution in [-0.4, -0.2) is 23.5 Å². The standard InChI is InChI=1S/C11H12N4O/c1-7-2-3-14-11(9(7)5-12)15-6-8(13)4-10(15)16/h2-3,8H,4,6,13H2,1H3. The van der Waals surface area contributed by atoms with Crippen LogP contribution in [0.2, 0.25) is 0 Å². The number of carbonyl (C=O) groups is 1. The lowest BCUT2D eigenvalue weighted by Crippen LogP contribution is -2.29. The molecule has 0 bridgehead atoms. The van der Waals surface area contributed by atoms with Gasteiger partial charge in [0.25, 0.3) is 0 Å². The number of amides is 1. The van der Waals surface area contributed by atoms with E-state index in [0.717, 1.165) is 5.56 Å². The molecule has 1 aromatic rings. The van der Waals surface area contributed by atoms with E-state index >= 15 is 0 Å². The van der Waals surface area contributed by atoms with Gasteiger partial charge >= 0.3 is 0 Å². The van der Waals surface area contributed by atoms with Crippen LogP contribution < -0.4 is 10.6 Å². The van der Waals surface area contributed by atoms with Gasteiger partial charge in [0, 0.05) is 25.2 Å². The van der Waals surface area contributed by atoms with Crippen LogP contribution in [0.25, 0.3) is 0 Å². The van der Waals surface area contributed by atoms with E-state index in [1.165, 1.54) is 4.90 Å². The highest BCUT2D eigenvalue weighted by molar-refractivity contribution is 5.96. The molecule has 1 amide bonds. The zero-order chi connectivity index (χ0) is 11.7. The molecule has 0 aromatic carbocycles. The summed E-state index contributed by atoms with van der Waals surface area (Å²) in [6.07, 6.45) is 1.92. The zero-order valence-corrected chi connectivity index (χ0v) is 8.97. The minimum absolute atomic E-state index is 0.0675. The van der Waals surface area contributed by atoms with E-state index in [-0.39, 0.29) is 11.9 Å². The molecule has 5 heteroatoms. The lowest BCUT2D eigenvalue weighted by Gasteiger charge is -2.16. The maximum absolute atomic E-state index is 11.7. The molecule has 5 nitrogen and oxygen atoms in total. The zero-order valence-electron chi connectivity index (χ0n) is 8.97. The molecule has 1 aliphatic rings. The Labute approximate surface area is 93.5 Å². The first-order valence-electron chi connectivity index (χ1n) is 5.05. The van der Waals surface area contributed by atoms with Crippen LogP contribution in [0.4, 0.5) is 5.82 Å². The van der Waals surface area contributed by atoms with Gasteiger partial charge in [-0.15, -0.1) is 0 Å². The van der Waals surface area contributed by atoms with Gasteiger partial charge in [0.1, 0.15) is 6.07 Å². The SMILES string of the molecule is Cc1ccnc(N2CC(N)CC2=O)c1C#N. The molecule has 1 aliphatic heterocycles. The van der Waals surface area contributed by atoms with Gasteiger partial charge < -0.3 is 5.73 Å². The van der Waals surface area contributed by atoms with Crippen molar-refractivity contribution in [1.82, 2.24) is 4.98 Å². The monoisotopic (exact) mass is 216 g/mol. The van der Waals surface area contributed by atoms with Crippen LogP contribution in [0, 0.1) is 18.3 Å². The highest BCUT2D eigenvalue weighted by Gasteiger charge is 2.30. The van der Waals surface area contributed by atoms with Crippen molar-refractivity contribution in [3.63, 3.8) is 0 Å². The average Bonchev–Trinajstić information content (AvgIpc) is 2.57. The normalized spacial score (nSPS) is 19.9. The van der Waals surface area contributed by atoms with Crippen LogP contribution in [0.1, 0.15) is 17.5 Å². The predicted molar refractivity (Wildman–Crippen MR) is 58.6 cm³/mol. The summed E-state index contributed by atoms with van der Waals surface area (Å²) in [5.74, 6) is 0.363. The van der Waals surface area contributed by atoms with Gasteiger partial charge in [-0.1, -0.05) is 0 Å². The Kier molecular flexibility index (Phi) is 2.59. The highest BCUT2D eigenvalue weighted by atomic mass is 16.2. The topological polar surface area (TPSA) is 83.0 Å². The smallest absolute Gasteiger partial charge is 0.229 e. The first-order chi connectivity index (χ1) is 7.63. The van der Waals surface area contributed by atoms with E-state index in [4.69, 9.17) is 11.0 Å². The summed E-state index contributed by atoms with van der Waals surface area (Å²) >= 11 is 0. The fourth-order valence-corrected chi connectivity index (χ4v) is 1.83. The number of carbonyl (C=O) groups excluding carboxylic acids is 1. The molecule has 1 aromatic heterocycles. The molecule has 1 fully saturated rings. The summed E-state index contributed by atoms with van der Waals surface area (Å²) in [5.41, 5.74) is 6.98. The van der Waals surface area contributed by atoms with Crippen LogP contribution in [0.5, 0.6) is 0 Å². The number of aryl methyl sites for hydroxylation is 1. The Balaban J connectivity index is 2.45. The molecule has 1 saturated heterocycles. The summed E-state index contributed by atoms with van der Waals surface area (Å²) in [5, 5.41) is 9.05. The number of hydrogen-bond donors (Lipinski definition) is 1. The molecule has 2 N–H and O–H groups in total. The van der Waals surface area contributed by atoms with Crippen molar-refractivity contribution in [2.75, 3.05) is 11.4 Å². The maximum Gasteiger partial charge on any atom is 0.229 e. The van der Waals surface area contributed by atoms with Crippen molar-refractivity contribution in [3.05, 3.63) is 23.4 Å². The van der Waals surface area contributed by atoms with Crippen molar-refractivity contribution >= 4 is 11.7 Å². The number of nitrogens with zero attached hydrogens (tertiary/aromatic N) is 3. The van der Waals surface area contributed by atoms with Crippen LogP contribution in [-0.2, 0) is 4.79 Å². The second kappa shape index (κ2) is 3.91. The van der Waals surface area contributed by atoms with E-state index in [0.29, 0.717) is 24.3 Å². The Morgan fingerprint density at radius 2 is 2.44 bits per heavy atom. The van der Waals surface area contributed by atoms with Crippen LogP contribution >= 0.6 is 0 Å². The number of anilines is 1. The van der Waals surface area contributed by atoms with Gasteiger partial charge in [0.2, 0.25) is 5.91 Å². The summed E-state index contributed by atoms with van der Waals surface area (Å²) in [6, 6.07) is 3.67. The minimum atomic E-state index is -0.165. The van der Waals surface area contributed by atoms with Gasteiger partial charge in [0.15, 0.2) is 5.82 Å². The van der Waals surface area contributed by atoms with Gasteiger partial charge in [-0.2, -0.15) is 5.26 Å². The van der Waals surface area contributed by atoms with Gasteiger partial charge in [-0.05, 0) is 18.6 Å². The van der Waals surface area contributed by atoms with Gasteiger partial charge in [-0.25, -0.2) is 4.98 Å². The lowest BCUT2D eigenvalue weighted by molar-refractivity contribution is -0.117. The third-order valence-corrected chi connectivity index (χ3v) is 2.66. The van der Waals surface area contributed by atoms with E-state index < -0.39 is 0 Å². The first-order valence-corrected chi connectivity index (χ1v) is 5.05. The minimum Gasteiger partial charge on any atom is -0.326 e. The Morgan fingerprint density at radius 1 is 1.69 bits per heavy atom. The third-order valence-electron chi connectivity index (χ3n) is 2.66. The number of rotatable bonds is 1. The molecule has 82 valence electrons. The summed E-state index contributed by atoms with van der Waals surface area (Å²) in [6.45, 7) is 2.26. The molecule has 0 radical (unpaired) electrons. The lowest BCUT2D eigenvalue weighted by atomic mass is 10.1. The average molecular weight is 216 g/mol. The van der Waals surface area contributed by atoms with Crippen molar-refractivity contribution in [2.24, 2.45) is 5.73 Å². The Hall–Kier alpha value is -1.93. The molecule has 1 unspecified atom stereocenters. The Morgan fingerprint density at radius 3 is 3.00 bits per heavy atom. The third kappa shape index (κ3) is 1.64. The molecule has 2 rings (SSSR count). The van der Waals surface area contributed by atoms with E-state index in [1.807, 2.05) is 6.92 Å². The van der Waals surface area contributed by atoms with Gasteiger partial charge in [-0.3, -0.25) is 9.69 Å². The summed E-state index contributed by atoms with van der Waals surface area (Å²) < 4.78 is 0. The quantitative estimate of drug-likeness (QED) is 0.733. The Bertz CT molecular complexity index is 477. The van der Waals surface area contributed by atoms with Crippen LogP contribution in [0.3, 0.4) is 0 Å². The predicted octanol–water partition coefficient (Wildman–Crippen LogP) is 0.326. The molecule has 0 saturated carbocycles. The molecule has 16 heavy (non-hydrogen) atoms. The molecular weight excluding hydrogens is 204 g/mol. The second-order valence-electron chi connectivity index (χ2n) is 3.91. The maximum atomic E-state index is 11.7. The number of pyridine rings is 1. The second-order valence-corrected chi connectivity index (χ2v) is 3.91. The number of nitriles is 1. The van der Waals surface area contributed by atoms with Crippen molar-refractivity contribution < 1.29 is 4.79 Å². The molecule has 2 heterocycles. The van der Waals surface area contributed by atoms with E-state index in [9.17, 15) is 4.79 Å². The number of hydrogen-bond acceptors (Lipinski definition) is 4. The van der Waals surface area contributed by atoms with Crippen molar-refractivity contribution in [3.8, 4) is 6.07 Å². The van der Waals surface area contributed by atoms with Gasteiger partial charge in [0.05, 0.1) is 5.56 Å².